The number of nitrogens with zero attached hydrogens (tertiary/aromatic N) is 4. The smallest absolute Gasteiger partial charge is 0.278 e. The highest BCUT2D eigenvalue weighted by Gasteiger charge is 2.14. The van der Waals surface area contributed by atoms with E-state index >= 15 is 0 Å². The average molecular weight is 395 g/mol. The van der Waals surface area contributed by atoms with Crippen LogP contribution in [0.25, 0.3) is 11.3 Å². The molecule has 1 heterocycles. The fourth-order valence-electron chi connectivity index (χ4n) is 2.39. The quantitative estimate of drug-likeness (QED) is 0.387. The Hall–Kier alpha value is -4.03. The molecule has 10 heteroatoms. The van der Waals surface area contributed by atoms with E-state index in [1.165, 1.54) is 24.4 Å². The third kappa shape index (κ3) is 4.03. The van der Waals surface area contributed by atoms with E-state index in [2.05, 4.69) is 20.5 Å². The molecular weight excluding hydrogens is 384 g/mol. The van der Waals surface area contributed by atoms with Gasteiger partial charge in [-0.3, -0.25) is 19.9 Å². The number of benzene rings is 2. The molecule has 3 rings (SSSR count). The number of aromatic nitrogens is 2. The second-order valence-corrected chi connectivity index (χ2v) is 5.88. The number of hydrogen-bond donors (Lipinski definition) is 2. The highest BCUT2D eigenvalue weighted by atomic mass is 35.5. The number of hydrazone groups is 1. The van der Waals surface area contributed by atoms with Crippen LogP contribution in [0.2, 0.25) is 5.02 Å². The van der Waals surface area contributed by atoms with Gasteiger partial charge in [0.2, 0.25) is 5.95 Å². The summed E-state index contributed by atoms with van der Waals surface area (Å²) in [5.41, 5.74) is 2.51. The van der Waals surface area contributed by atoms with Crippen molar-refractivity contribution >= 4 is 29.5 Å². The lowest BCUT2D eigenvalue weighted by atomic mass is 10.1. The number of nitriles is 1. The topological polar surface area (TPSA) is 137 Å². The normalized spacial score (nSPS) is 10.6. The van der Waals surface area contributed by atoms with Crippen LogP contribution in [-0.2, 0) is 0 Å². The van der Waals surface area contributed by atoms with E-state index in [1.54, 1.807) is 30.3 Å². The highest BCUT2D eigenvalue weighted by molar-refractivity contribution is 6.31. The van der Waals surface area contributed by atoms with Crippen LogP contribution in [-0.4, -0.2) is 21.1 Å². The summed E-state index contributed by atoms with van der Waals surface area (Å²) in [7, 11) is 0. The molecular formula is C18H11ClN6O3. The van der Waals surface area contributed by atoms with Gasteiger partial charge >= 0.3 is 0 Å². The first kappa shape index (κ1) is 18.8. The predicted octanol–water partition coefficient (Wildman–Crippen LogP) is 3.32. The number of anilines is 1. The number of H-pyrrole nitrogens is 1. The third-order valence-electron chi connectivity index (χ3n) is 3.64. The summed E-state index contributed by atoms with van der Waals surface area (Å²) in [5.74, 6) is -0.0243. The molecule has 28 heavy (non-hydrogen) atoms. The van der Waals surface area contributed by atoms with Gasteiger partial charge in [-0.25, -0.2) is 10.4 Å². The first-order valence-electron chi connectivity index (χ1n) is 7.82. The van der Waals surface area contributed by atoms with Crippen LogP contribution in [0, 0.1) is 21.4 Å². The van der Waals surface area contributed by atoms with Crippen LogP contribution in [0.1, 0.15) is 11.1 Å². The Morgan fingerprint density at radius 3 is 2.71 bits per heavy atom. The number of nitro benzene ring substituents is 1. The van der Waals surface area contributed by atoms with Crippen molar-refractivity contribution in [3.8, 4) is 17.3 Å². The van der Waals surface area contributed by atoms with Crippen LogP contribution in [0.5, 0.6) is 0 Å². The van der Waals surface area contributed by atoms with E-state index in [-0.39, 0.29) is 28.5 Å². The summed E-state index contributed by atoms with van der Waals surface area (Å²) >= 11 is 5.87. The van der Waals surface area contributed by atoms with E-state index in [0.717, 1.165) is 0 Å². The van der Waals surface area contributed by atoms with E-state index in [0.29, 0.717) is 10.6 Å². The van der Waals surface area contributed by atoms with Crippen molar-refractivity contribution in [2.24, 2.45) is 5.10 Å². The van der Waals surface area contributed by atoms with Gasteiger partial charge in [0.25, 0.3) is 11.2 Å². The molecule has 0 saturated heterocycles. The number of halogens is 1. The first-order valence-corrected chi connectivity index (χ1v) is 8.20. The minimum Gasteiger partial charge on any atom is -0.290 e. The monoisotopic (exact) mass is 394 g/mol. The second kappa shape index (κ2) is 8.11. The van der Waals surface area contributed by atoms with E-state index < -0.39 is 10.5 Å². The van der Waals surface area contributed by atoms with Crippen molar-refractivity contribution < 1.29 is 4.92 Å². The molecule has 0 amide bonds. The SMILES string of the molecule is N#Cc1c(-c2ccccc2)nc(NN=Cc2cc(Cl)ccc2[N+](=O)[O-])[nH]c1=O. The van der Waals surface area contributed by atoms with Gasteiger partial charge in [0.1, 0.15) is 11.6 Å². The van der Waals surface area contributed by atoms with Crippen molar-refractivity contribution in [1.82, 2.24) is 9.97 Å². The zero-order valence-electron chi connectivity index (χ0n) is 14.1. The van der Waals surface area contributed by atoms with Gasteiger partial charge in [0, 0.05) is 16.7 Å². The van der Waals surface area contributed by atoms with Crippen LogP contribution >= 0.6 is 11.6 Å². The molecule has 0 aliphatic rings. The molecule has 138 valence electrons. The summed E-state index contributed by atoms with van der Waals surface area (Å²) in [4.78, 5) is 29.3. The van der Waals surface area contributed by atoms with Crippen molar-refractivity contribution in [2.75, 3.05) is 5.43 Å². The maximum Gasteiger partial charge on any atom is 0.278 e. The predicted molar refractivity (Wildman–Crippen MR) is 104 cm³/mol. The van der Waals surface area contributed by atoms with Crippen LogP contribution < -0.4 is 11.0 Å². The first-order chi connectivity index (χ1) is 13.5. The lowest BCUT2D eigenvalue weighted by Gasteiger charge is -2.06. The zero-order valence-corrected chi connectivity index (χ0v) is 14.8. The average Bonchev–Trinajstić information content (AvgIpc) is 2.68. The van der Waals surface area contributed by atoms with Crippen LogP contribution in [0.3, 0.4) is 0 Å². The Labute approximate surface area is 163 Å². The lowest BCUT2D eigenvalue weighted by molar-refractivity contribution is -0.385. The van der Waals surface area contributed by atoms with Gasteiger partial charge in [0.05, 0.1) is 22.4 Å². The fraction of sp³-hybridized carbons (Fsp3) is 0. The molecule has 0 saturated carbocycles. The standard InChI is InChI=1S/C18H11ClN6O3/c19-13-6-7-15(25(27)28)12(8-13)10-21-24-18-22-16(11-4-2-1-3-5-11)14(9-20)17(26)23-18/h1-8,10H,(H2,22,23,24,26). The molecule has 0 spiro atoms. The molecule has 0 aliphatic carbocycles. The van der Waals surface area contributed by atoms with Crippen LogP contribution in [0.4, 0.5) is 11.6 Å². The fourth-order valence-corrected chi connectivity index (χ4v) is 2.57. The lowest BCUT2D eigenvalue weighted by Crippen LogP contribution is -2.16. The summed E-state index contributed by atoms with van der Waals surface area (Å²) in [5, 5.41) is 24.5. The Kier molecular flexibility index (Phi) is 5.43. The second-order valence-electron chi connectivity index (χ2n) is 5.45. The number of rotatable bonds is 5. The van der Waals surface area contributed by atoms with Gasteiger partial charge in [0.15, 0.2) is 0 Å². The molecule has 0 aliphatic heterocycles. The number of aromatic amines is 1. The molecule has 0 fully saturated rings. The Bertz CT molecular complexity index is 1170. The molecule has 0 atom stereocenters. The van der Waals surface area contributed by atoms with Crippen LogP contribution in [0.15, 0.2) is 58.4 Å². The Morgan fingerprint density at radius 1 is 1.29 bits per heavy atom. The van der Waals surface area contributed by atoms with Crippen molar-refractivity contribution in [3.63, 3.8) is 0 Å². The highest BCUT2D eigenvalue weighted by Crippen LogP contribution is 2.22. The number of nitro groups is 1. The van der Waals surface area contributed by atoms with Gasteiger partial charge in [-0.15, -0.1) is 0 Å². The van der Waals surface area contributed by atoms with E-state index in [1.807, 2.05) is 6.07 Å². The van der Waals surface area contributed by atoms with Gasteiger partial charge in [-0.1, -0.05) is 41.9 Å². The molecule has 0 bridgehead atoms. The van der Waals surface area contributed by atoms with Gasteiger partial charge in [-0.05, 0) is 12.1 Å². The molecule has 0 radical (unpaired) electrons. The maximum absolute atomic E-state index is 12.2. The summed E-state index contributed by atoms with van der Waals surface area (Å²) < 4.78 is 0. The molecule has 2 N–H and O–H groups in total. The minimum absolute atomic E-state index is 0.0243. The Balaban J connectivity index is 1.95. The molecule has 1 aromatic heterocycles. The third-order valence-corrected chi connectivity index (χ3v) is 3.87. The van der Waals surface area contributed by atoms with Gasteiger partial charge in [-0.2, -0.15) is 10.4 Å². The molecule has 9 nitrogen and oxygen atoms in total. The molecule has 3 aromatic rings. The summed E-state index contributed by atoms with van der Waals surface area (Å²) in [6, 6.07) is 14.6. The van der Waals surface area contributed by atoms with Crippen molar-refractivity contribution in [2.45, 2.75) is 0 Å². The van der Waals surface area contributed by atoms with E-state index in [4.69, 9.17) is 11.6 Å². The largest absolute Gasteiger partial charge is 0.290 e. The summed E-state index contributed by atoms with van der Waals surface area (Å²) in [6.45, 7) is 0. The van der Waals surface area contributed by atoms with Crippen molar-refractivity contribution in [3.05, 3.63) is 85.1 Å². The molecule has 0 unspecified atom stereocenters. The summed E-state index contributed by atoms with van der Waals surface area (Å²) in [6.07, 6.45) is 1.18. The number of hydrogen-bond acceptors (Lipinski definition) is 7. The Morgan fingerprint density at radius 2 is 2.04 bits per heavy atom. The number of nitrogens with one attached hydrogen (secondary N) is 2. The maximum atomic E-state index is 12.2. The van der Waals surface area contributed by atoms with Crippen molar-refractivity contribution in [1.29, 1.82) is 5.26 Å². The molecule has 2 aromatic carbocycles. The van der Waals surface area contributed by atoms with E-state index in [9.17, 15) is 20.2 Å². The minimum atomic E-state index is -0.636. The zero-order chi connectivity index (χ0) is 20.1. The van der Waals surface area contributed by atoms with Gasteiger partial charge < -0.3 is 0 Å².